The van der Waals surface area contributed by atoms with Gasteiger partial charge >= 0.3 is 0 Å². The fourth-order valence-electron chi connectivity index (χ4n) is 9.01. The van der Waals surface area contributed by atoms with Crippen molar-refractivity contribution < 1.29 is 0 Å². The molecule has 0 aliphatic rings. The van der Waals surface area contributed by atoms with Gasteiger partial charge in [0.05, 0.1) is 16.6 Å². The van der Waals surface area contributed by atoms with Crippen molar-refractivity contribution in [3.63, 3.8) is 0 Å². The molecule has 12 rings (SSSR count). The second-order valence-corrected chi connectivity index (χ2v) is 14.6. The second kappa shape index (κ2) is 12.0. The zero-order valence-corrected chi connectivity index (χ0v) is 30.3. The van der Waals surface area contributed by atoms with Crippen LogP contribution in [0, 0.1) is 0 Å². The van der Waals surface area contributed by atoms with Gasteiger partial charge in [0.15, 0.2) is 11.6 Å². The van der Waals surface area contributed by atoms with E-state index in [-0.39, 0.29) is 0 Å². The molecule has 0 saturated carbocycles. The Hall–Kier alpha value is -7.56. The first-order chi connectivity index (χ1) is 27.8. The van der Waals surface area contributed by atoms with Gasteiger partial charge in [-0.1, -0.05) is 164 Å². The summed E-state index contributed by atoms with van der Waals surface area (Å²) < 4.78 is 4.80. The molecule has 260 valence electrons. The van der Waals surface area contributed by atoms with Crippen molar-refractivity contribution in [1.29, 1.82) is 0 Å². The maximum absolute atomic E-state index is 5.65. The molecule has 0 saturated heterocycles. The summed E-state index contributed by atoms with van der Waals surface area (Å²) in [5.74, 6) is 1.53. The van der Waals surface area contributed by atoms with Crippen LogP contribution in [0.3, 0.4) is 0 Å². The summed E-state index contributed by atoms with van der Waals surface area (Å²) in [7, 11) is 0. The molecule has 3 aromatic heterocycles. The van der Waals surface area contributed by atoms with Gasteiger partial charge in [-0.2, -0.15) is 0 Å². The van der Waals surface area contributed by atoms with Gasteiger partial charge in [0.25, 0.3) is 0 Å². The van der Waals surface area contributed by atoms with Crippen molar-refractivity contribution in [3.8, 4) is 34.0 Å². The normalized spacial score (nSPS) is 11.9. The fourth-order valence-corrected chi connectivity index (χ4v) is 9.01. The van der Waals surface area contributed by atoms with E-state index in [1.165, 1.54) is 43.3 Å². The van der Waals surface area contributed by atoms with Gasteiger partial charge in [-0.05, 0) is 73.8 Å². The summed E-state index contributed by atoms with van der Waals surface area (Å²) in [6.45, 7) is 0. The van der Waals surface area contributed by atoms with E-state index in [1.54, 1.807) is 0 Å². The lowest BCUT2D eigenvalue weighted by Gasteiger charge is -2.15. The highest BCUT2D eigenvalue weighted by atomic mass is 15.1. The Morgan fingerprint density at radius 2 is 0.821 bits per heavy atom. The average molecular weight is 713 g/mol. The molecule has 4 heteroatoms. The average Bonchev–Trinajstić information content (AvgIpc) is 3.81. The number of nitrogens with zero attached hydrogens (tertiary/aromatic N) is 4. The molecule has 4 nitrogen and oxygen atoms in total. The van der Waals surface area contributed by atoms with Crippen molar-refractivity contribution in [2.45, 2.75) is 0 Å². The predicted octanol–water partition coefficient (Wildman–Crippen LogP) is 13.5. The predicted molar refractivity (Wildman–Crippen MR) is 234 cm³/mol. The number of benzene rings is 9. The van der Waals surface area contributed by atoms with Crippen LogP contribution in [0.4, 0.5) is 0 Å². The molecule has 0 aliphatic carbocycles. The lowest BCUT2D eigenvalue weighted by molar-refractivity contribution is 1.05. The standard InChI is InChI=1S/C52H32N4/c1-3-14-33(15-4-1)38-21-13-22-39(32-38)55-45-31-28-36-18-9-12-25-42(36)48(45)49-50(55)52(54-51(53-49)37-19-5-2-6-20-37)56-43-29-26-34-16-7-10-23-40(34)46(43)47-41-24-11-8-17-35(41)27-30-44(47)56/h1-32H. The maximum Gasteiger partial charge on any atom is 0.166 e. The first-order valence-electron chi connectivity index (χ1n) is 19.1. The Kier molecular flexibility index (Phi) is 6.60. The summed E-state index contributed by atoms with van der Waals surface area (Å²) in [6.07, 6.45) is 0. The van der Waals surface area contributed by atoms with Gasteiger partial charge in [0, 0.05) is 27.4 Å². The smallest absolute Gasteiger partial charge is 0.166 e. The second-order valence-electron chi connectivity index (χ2n) is 14.6. The molecule has 0 bridgehead atoms. The minimum absolute atomic E-state index is 0.690. The highest BCUT2D eigenvalue weighted by Crippen LogP contribution is 2.44. The van der Waals surface area contributed by atoms with E-state index in [4.69, 9.17) is 9.97 Å². The van der Waals surface area contributed by atoms with E-state index >= 15 is 0 Å². The summed E-state index contributed by atoms with van der Waals surface area (Å²) in [6, 6.07) is 69.5. The molecule has 12 aromatic rings. The molecular weight excluding hydrogens is 681 g/mol. The van der Waals surface area contributed by atoms with E-state index in [0.29, 0.717) is 5.82 Å². The fraction of sp³-hybridized carbons (Fsp3) is 0. The molecule has 56 heavy (non-hydrogen) atoms. The van der Waals surface area contributed by atoms with Gasteiger partial charge in [-0.15, -0.1) is 0 Å². The van der Waals surface area contributed by atoms with E-state index in [2.05, 4.69) is 197 Å². The highest BCUT2D eigenvalue weighted by molar-refractivity contribution is 6.29. The SMILES string of the molecule is c1ccc(-c2cccc(-n3c4ccc5ccccc5c4c4nc(-c5ccccc5)nc(-n5c6ccc7ccccc7c6c6c7ccccc7ccc65)c43)c2)cc1. The molecular formula is C52H32N4. The van der Waals surface area contributed by atoms with Crippen LogP contribution in [0.15, 0.2) is 194 Å². The van der Waals surface area contributed by atoms with Gasteiger partial charge in [-0.3, -0.25) is 4.57 Å². The quantitative estimate of drug-likeness (QED) is 0.182. The first-order valence-corrected chi connectivity index (χ1v) is 19.1. The van der Waals surface area contributed by atoms with E-state index in [1.807, 2.05) is 6.07 Å². The lowest BCUT2D eigenvalue weighted by atomic mass is 10.00. The molecule has 3 heterocycles. The van der Waals surface area contributed by atoms with E-state index in [0.717, 1.165) is 61.0 Å². The van der Waals surface area contributed by atoms with Crippen molar-refractivity contribution in [2.24, 2.45) is 0 Å². The van der Waals surface area contributed by atoms with Crippen LogP contribution in [0.5, 0.6) is 0 Å². The molecule has 9 aromatic carbocycles. The minimum Gasteiger partial charge on any atom is -0.304 e. The Balaban J connectivity index is 1.32. The molecule has 0 amide bonds. The number of hydrogen-bond donors (Lipinski definition) is 0. The topological polar surface area (TPSA) is 35.6 Å². The molecule has 0 spiro atoms. The van der Waals surface area contributed by atoms with Crippen LogP contribution >= 0.6 is 0 Å². The van der Waals surface area contributed by atoms with Crippen molar-refractivity contribution in [3.05, 3.63) is 194 Å². The van der Waals surface area contributed by atoms with Gasteiger partial charge in [0.2, 0.25) is 0 Å². The number of rotatable bonds is 4. The third-order valence-corrected chi connectivity index (χ3v) is 11.5. The lowest BCUT2D eigenvalue weighted by Crippen LogP contribution is -2.05. The minimum atomic E-state index is 0.690. The van der Waals surface area contributed by atoms with Gasteiger partial charge < -0.3 is 4.57 Å². The van der Waals surface area contributed by atoms with Crippen LogP contribution in [0.25, 0.3) is 110 Å². The third-order valence-electron chi connectivity index (χ3n) is 11.5. The number of aromatic nitrogens is 4. The van der Waals surface area contributed by atoms with Crippen LogP contribution in [0.1, 0.15) is 0 Å². The zero-order chi connectivity index (χ0) is 36.7. The van der Waals surface area contributed by atoms with Crippen LogP contribution in [0.2, 0.25) is 0 Å². The Bertz CT molecular complexity index is 3430. The van der Waals surface area contributed by atoms with Crippen molar-refractivity contribution in [2.75, 3.05) is 0 Å². The van der Waals surface area contributed by atoms with Crippen LogP contribution in [-0.2, 0) is 0 Å². The first kappa shape index (κ1) is 30.9. The number of fused-ring (bicyclic) bond motifs is 12. The zero-order valence-electron chi connectivity index (χ0n) is 30.3. The summed E-state index contributed by atoms with van der Waals surface area (Å²) >= 11 is 0. The van der Waals surface area contributed by atoms with Crippen molar-refractivity contribution in [1.82, 2.24) is 19.1 Å². The van der Waals surface area contributed by atoms with E-state index < -0.39 is 0 Å². The van der Waals surface area contributed by atoms with Gasteiger partial charge in [-0.25, -0.2) is 9.97 Å². The summed E-state index contributed by atoms with van der Waals surface area (Å²) in [4.78, 5) is 11.2. The molecule has 0 fully saturated rings. The maximum atomic E-state index is 5.65. The molecule has 0 atom stereocenters. The summed E-state index contributed by atoms with van der Waals surface area (Å²) in [5.41, 5.74) is 9.52. The molecule has 0 unspecified atom stereocenters. The molecule has 0 N–H and O–H groups in total. The molecule has 0 radical (unpaired) electrons. The van der Waals surface area contributed by atoms with Crippen LogP contribution < -0.4 is 0 Å². The third kappa shape index (κ3) is 4.47. The van der Waals surface area contributed by atoms with Gasteiger partial charge in [0.1, 0.15) is 11.0 Å². The Labute approximate surface area is 322 Å². The number of hydrogen-bond acceptors (Lipinski definition) is 2. The highest BCUT2D eigenvalue weighted by Gasteiger charge is 2.26. The largest absolute Gasteiger partial charge is 0.304 e. The van der Waals surface area contributed by atoms with Crippen LogP contribution in [-0.4, -0.2) is 19.1 Å². The Morgan fingerprint density at radius 3 is 1.41 bits per heavy atom. The monoisotopic (exact) mass is 712 g/mol. The summed E-state index contributed by atoms with van der Waals surface area (Å²) in [5, 5.41) is 10.8. The molecule has 0 aliphatic heterocycles. The van der Waals surface area contributed by atoms with Crippen molar-refractivity contribution >= 4 is 76.1 Å². The van der Waals surface area contributed by atoms with E-state index in [9.17, 15) is 0 Å². The Morgan fingerprint density at radius 1 is 0.339 bits per heavy atom.